The fourth-order valence-electron chi connectivity index (χ4n) is 4.31. The summed E-state index contributed by atoms with van der Waals surface area (Å²) in [4.78, 5) is 51.6. The highest BCUT2D eigenvalue weighted by atomic mass is 16.5. The molecule has 2 heterocycles. The molecule has 2 aliphatic heterocycles. The smallest absolute Gasteiger partial charge is 0.338 e. The van der Waals surface area contributed by atoms with Gasteiger partial charge in [-0.1, -0.05) is 24.3 Å². The van der Waals surface area contributed by atoms with E-state index >= 15 is 0 Å². The molecule has 1 saturated heterocycles. The Morgan fingerprint density at radius 2 is 1.65 bits per heavy atom. The number of carbonyl (C=O) groups excluding carboxylic acids is 4. The van der Waals surface area contributed by atoms with Crippen LogP contribution >= 0.6 is 0 Å². The van der Waals surface area contributed by atoms with Gasteiger partial charge in [-0.15, -0.1) is 0 Å². The summed E-state index contributed by atoms with van der Waals surface area (Å²) in [6.07, 6.45) is 1.88. The lowest BCUT2D eigenvalue weighted by Gasteiger charge is -2.27. The first-order valence-electron chi connectivity index (χ1n) is 11.1. The second-order valence-electron chi connectivity index (χ2n) is 8.22. The van der Waals surface area contributed by atoms with E-state index in [1.807, 2.05) is 12.1 Å². The Labute approximate surface area is 195 Å². The van der Waals surface area contributed by atoms with E-state index < -0.39 is 30.3 Å². The number of benzene rings is 3. The maximum atomic E-state index is 13.1. The zero-order valence-electron chi connectivity index (χ0n) is 18.3. The van der Waals surface area contributed by atoms with Crippen LogP contribution in [0.2, 0.25) is 0 Å². The third kappa shape index (κ3) is 4.04. The summed E-state index contributed by atoms with van der Waals surface area (Å²) in [7, 11) is 0. The number of ether oxygens (including phenoxy) is 2. The molecule has 0 radical (unpaired) electrons. The standard InChI is InChI=1S/C26H22N2O6/c29-22(27-14-19-6-3-13-33-19)15-34-26(32)17-9-11-18(12-10-17)28-24(30)20-7-1-4-16-5-2-8-21(23(16)20)25(28)31/h1-2,4-5,7-12,19H,3,6,13-15H2,(H,27,29)/t19-/m1/s1. The average molecular weight is 458 g/mol. The van der Waals surface area contributed by atoms with Crippen molar-refractivity contribution in [2.24, 2.45) is 0 Å². The van der Waals surface area contributed by atoms with Crippen molar-refractivity contribution in [2.45, 2.75) is 18.9 Å². The van der Waals surface area contributed by atoms with Gasteiger partial charge in [0.15, 0.2) is 6.61 Å². The van der Waals surface area contributed by atoms with Gasteiger partial charge in [0.05, 0.1) is 17.4 Å². The van der Waals surface area contributed by atoms with Crippen molar-refractivity contribution in [3.05, 3.63) is 77.4 Å². The van der Waals surface area contributed by atoms with Crippen LogP contribution in [0.1, 0.15) is 43.9 Å². The molecule has 1 atom stereocenters. The second kappa shape index (κ2) is 9.07. The lowest BCUT2D eigenvalue weighted by Crippen LogP contribution is -2.40. The van der Waals surface area contributed by atoms with Crippen LogP contribution in [0.15, 0.2) is 60.7 Å². The van der Waals surface area contributed by atoms with Crippen LogP contribution in [0, 0.1) is 0 Å². The van der Waals surface area contributed by atoms with Crippen LogP contribution in [0.4, 0.5) is 5.69 Å². The zero-order valence-corrected chi connectivity index (χ0v) is 18.3. The number of amides is 3. The monoisotopic (exact) mass is 458 g/mol. The molecular formula is C26H22N2O6. The summed E-state index contributed by atoms with van der Waals surface area (Å²) in [5.74, 6) is -1.93. The summed E-state index contributed by atoms with van der Waals surface area (Å²) < 4.78 is 10.5. The van der Waals surface area contributed by atoms with Gasteiger partial charge in [-0.3, -0.25) is 14.4 Å². The number of nitrogens with zero attached hydrogens (tertiary/aromatic N) is 1. The van der Waals surface area contributed by atoms with Gasteiger partial charge in [-0.05, 0) is 54.6 Å². The zero-order chi connectivity index (χ0) is 23.7. The molecule has 3 amide bonds. The Morgan fingerprint density at radius 3 is 2.26 bits per heavy atom. The minimum Gasteiger partial charge on any atom is -0.452 e. The first kappa shape index (κ1) is 21.8. The molecule has 34 heavy (non-hydrogen) atoms. The lowest BCUT2D eigenvalue weighted by molar-refractivity contribution is -0.124. The lowest BCUT2D eigenvalue weighted by atomic mass is 9.94. The Hall–Kier alpha value is -4.04. The van der Waals surface area contributed by atoms with Crippen molar-refractivity contribution < 1.29 is 28.7 Å². The number of esters is 1. The SMILES string of the molecule is O=C(COC(=O)c1ccc(N2C(=O)c3cccc4cccc(c34)C2=O)cc1)NC[C@H]1CCCO1. The van der Waals surface area contributed by atoms with Crippen molar-refractivity contribution in [3.8, 4) is 0 Å². The summed E-state index contributed by atoms with van der Waals surface area (Å²) in [5.41, 5.74) is 1.44. The quantitative estimate of drug-likeness (QED) is 0.450. The van der Waals surface area contributed by atoms with Gasteiger partial charge < -0.3 is 14.8 Å². The highest BCUT2D eigenvalue weighted by molar-refractivity contribution is 6.35. The van der Waals surface area contributed by atoms with Gasteiger partial charge in [0.2, 0.25) is 0 Å². The molecular weight excluding hydrogens is 436 g/mol. The van der Waals surface area contributed by atoms with Gasteiger partial charge >= 0.3 is 5.97 Å². The summed E-state index contributed by atoms with van der Waals surface area (Å²) >= 11 is 0. The minimum absolute atomic E-state index is 0.00588. The topological polar surface area (TPSA) is 102 Å². The molecule has 0 bridgehead atoms. The van der Waals surface area contributed by atoms with E-state index in [9.17, 15) is 19.2 Å². The first-order chi connectivity index (χ1) is 16.5. The third-order valence-corrected chi connectivity index (χ3v) is 6.02. The van der Waals surface area contributed by atoms with Gasteiger partial charge in [-0.2, -0.15) is 0 Å². The Kier molecular flexibility index (Phi) is 5.81. The summed E-state index contributed by atoms with van der Waals surface area (Å²) in [5, 5.41) is 4.16. The van der Waals surface area contributed by atoms with E-state index in [-0.39, 0.29) is 11.7 Å². The Bertz CT molecular complexity index is 1240. The fourth-order valence-corrected chi connectivity index (χ4v) is 4.31. The van der Waals surface area contributed by atoms with E-state index in [0.717, 1.165) is 23.1 Å². The molecule has 0 saturated carbocycles. The first-order valence-corrected chi connectivity index (χ1v) is 11.1. The maximum Gasteiger partial charge on any atom is 0.338 e. The van der Waals surface area contributed by atoms with Crippen LogP contribution in [0.3, 0.4) is 0 Å². The number of nitrogens with one attached hydrogen (secondary N) is 1. The number of imide groups is 1. The van der Waals surface area contributed by atoms with E-state index in [0.29, 0.717) is 35.4 Å². The number of hydrogen-bond acceptors (Lipinski definition) is 6. The Balaban J connectivity index is 1.26. The van der Waals surface area contributed by atoms with Crippen LogP contribution in [0.25, 0.3) is 10.8 Å². The molecule has 1 N–H and O–H groups in total. The van der Waals surface area contributed by atoms with Gasteiger partial charge in [0.25, 0.3) is 17.7 Å². The molecule has 3 aromatic carbocycles. The molecule has 0 aromatic heterocycles. The minimum atomic E-state index is -0.676. The number of carbonyl (C=O) groups is 4. The van der Waals surface area contributed by atoms with Crippen molar-refractivity contribution in [3.63, 3.8) is 0 Å². The predicted molar refractivity (Wildman–Crippen MR) is 124 cm³/mol. The van der Waals surface area contributed by atoms with Crippen LogP contribution in [-0.4, -0.2) is 49.6 Å². The van der Waals surface area contributed by atoms with Crippen molar-refractivity contribution in [1.82, 2.24) is 5.32 Å². The molecule has 0 aliphatic carbocycles. The summed E-state index contributed by atoms with van der Waals surface area (Å²) in [6, 6.07) is 16.6. The van der Waals surface area contributed by atoms with Crippen molar-refractivity contribution >= 4 is 40.2 Å². The molecule has 1 fully saturated rings. The second-order valence-corrected chi connectivity index (χ2v) is 8.22. The van der Waals surface area contributed by atoms with E-state index in [4.69, 9.17) is 9.47 Å². The highest BCUT2D eigenvalue weighted by Crippen LogP contribution is 2.32. The van der Waals surface area contributed by atoms with Crippen molar-refractivity contribution in [1.29, 1.82) is 0 Å². The summed E-state index contributed by atoms with van der Waals surface area (Å²) in [6.45, 7) is 0.680. The fraction of sp³-hybridized carbons (Fsp3) is 0.231. The largest absolute Gasteiger partial charge is 0.452 e. The number of anilines is 1. The number of hydrogen-bond donors (Lipinski definition) is 1. The van der Waals surface area contributed by atoms with Crippen molar-refractivity contribution in [2.75, 3.05) is 24.7 Å². The predicted octanol–water partition coefficient (Wildman–Crippen LogP) is 3.09. The van der Waals surface area contributed by atoms with Crippen LogP contribution < -0.4 is 10.2 Å². The molecule has 0 unspecified atom stereocenters. The normalized spacial score (nSPS) is 17.2. The molecule has 3 aromatic rings. The average Bonchev–Trinajstić information content (AvgIpc) is 3.39. The van der Waals surface area contributed by atoms with Gasteiger partial charge in [0.1, 0.15) is 0 Å². The molecule has 0 spiro atoms. The highest BCUT2D eigenvalue weighted by Gasteiger charge is 2.33. The molecule has 8 heteroatoms. The van der Waals surface area contributed by atoms with E-state index in [1.54, 1.807) is 24.3 Å². The maximum absolute atomic E-state index is 13.1. The van der Waals surface area contributed by atoms with Crippen LogP contribution in [-0.2, 0) is 14.3 Å². The Morgan fingerprint density at radius 1 is 0.971 bits per heavy atom. The number of rotatable bonds is 6. The third-order valence-electron chi connectivity index (χ3n) is 6.02. The molecule has 5 rings (SSSR count). The van der Waals surface area contributed by atoms with E-state index in [1.165, 1.54) is 24.3 Å². The van der Waals surface area contributed by atoms with Crippen LogP contribution in [0.5, 0.6) is 0 Å². The molecule has 2 aliphatic rings. The molecule has 8 nitrogen and oxygen atoms in total. The van der Waals surface area contributed by atoms with Gasteiger partial charge in [-0.25, -0.2) is 9.69 Å². The molecule has 172 valence electrons. The van der Waals surface area contributed by atoms with E-state index in [2.05, 4.69) is 5.32 Å². The van der Waals surface area contributed by atoms with Gasteiger partial charge in [0, 0.05) is 29.7 Å².